The zero-order valence-corrected chi connectivity index (χ0v) is 10.0. The highest BCUT2D eigenvalue weighted by molar-refractivity contribution is 5.96. The Morgan fingerprint density at radius 1 is 1.25 bits per heavy atom. The van der Waals surface area contributed by atoms with Gasteiger partial charge in [-0.05, 0) is 39.0 Å². The molecule has 0 aliphatic rings. The van der Waals surface area contributed by atoms with Crippen LogP contribution in [0, 0.1) is 0 Å². The lowest BCUT2D eigenvalue weighted by molar-refractivity contribution is 0.0717. The summed E-state index contributed by atoms with van der Waals surface area (Å²) in [7, 11) is 0. The van der Waals surface area contributed by atoms with Crippen molar-refractivity contribution in [1.29, 1.82) is 0 Å². The summed E-state index contributed by atoms with van der Waals surface area (Å²) in [5.74, 6) is -0.0310. The van der Waals surface area contributed by atoms with E-state index in [9.17, 15) is 4.79 Å². The van der Waals surface area contributed by atoms with Gasteiger partial charge in [-0.2, -0.15) is 0 Å². The van der Waals surface area contributed by atoms with E-state index in [2.05, 4.69) is 0 Å². The highest BCUT2D eigenvalue weighted by atomic mass is 16.2. The largest absolute Gasteiger partial charge is 0.399 e. The fourth-order valence-corrected chi connectivity index (χ4v) is 1.71. The van der Waals surface area contributed by atoms with Crippen molar-refractivity contribution in [3.63, 3.8) is 0 Å². The molecule has 0 unspecified atom stereocenters. The molecule has 0 saturated carbocycles. The van der Waals surface area contributed by atoms with Crippen molar-refractivity contribution in [2.24, 2.45) is 0 Å². The average molecular weight is 221 g/mol. The lowest BCUT2D eigenvalue weighted by Crippen LogP contribution is -2.36. The third-order valence-electron chi connectivity index (χ3n) is 2.45. The number of nitrogens with two attached hydrogens (primary N) is 2. The number of nitrogen functional groups attached to an aromatic ring is 2. The third kappa shape index (κ3) is 2.66. The molecular weight excluding hydrogens is 202 g/mol. The van der Waals surface area contributed by atoms with Crippen LogP contribution in [0.15, 0.2) is 18.2 Å². The van der Waals surface area contributed by atoms with Gasteiger partial charge in [0.05, 0.1) is 0 Å². The molecule has 16 heavy (non-hydrogen) atoms. The number of carbonyl (C=O) groups excluding carboxylic acids is 1. The van der Waals surface area contributed by atoms with E-state index >= 15 is 0 Å². The molecule has 1 aromatic rings. The van der Waals surface area contributed by atoms with Crippen molar-refractivity contribution >= 4 is 17.3 Å². The summed E-state index contributed by atoms with van der Waals surface area (Å²) >= 11 is 0. The molecule has 4 nitrogen and oxygen atoms in total. The van der Waals surface area contributed by atoms with Crippen LogP contribution in [0.3, 0.4) is 0 Å². The molecule has 0 aliphatic carbocycles. The third-order valence-corrected chi connectivity index (χ3v) is 2.45. The molecule has 0 atom stereocenters. The highest BCUT2D eigenvalue weighted by Crippen LogP contribution is 2.16. The SMILES string of the molecule is CCN(C(=O)c1cc(N)cc(N)c1)C(C)C. The first-order chi connectivity index (χ1) is 7.45. The van der Waals surface area contributed by atoms with Gasteiger partial charge in [0.1, 0.15) is 0 Å². The number of hydrogen-bond donors (Lipinski definition) is 2. The summed E-state index contributed by atoms with van der Waals surface area (Å²) in [6, 6.07) is 5.12. The van der Waals surface area contributed by atoms with Crippen LogP contribution < -0.4 is 11.5 Å². The average Bonchev–Trinajstić information content (AvgIpc) is 2.16. The second-order valence-electron chi connectivity index (χ2n) is 4.07. The summed E-state index contributed by atoms with van der Waals surface area (Å²) in [6.07, 6.45) is 0. The first-order valence-electron chi connectivity index (χ1n) is 5.42. The van der Waals surface area contributed by atoms with Gasteiger partial charge >= 0.3 is 0 Å². The van der Waals surface area contributed by atoms with Crippen LogP contribution in [-0.2, 0) is 0 Å². The maximum atomic E-state index is 12.1. The first kappa shape index (κ1) is 12.4. The van der Waals surface area contributed by atoms with Gasteiger partial charge in [0.25, 0.3) is 5.91 Å². The van der Waals surface area contributed by atoms with Crippen molar-refractivity contribution in [1.82, 2.24) is 4.90 Å². The van der Waals surface area contributed by atoms with E-state index in [1.165, 1.54) is 0 Å². The maximum absolute atomic E-state index is 12.1. The Balaban J connectivity index is 3.03. The van der Waals surface area contributed by atoms with Crippen LogP contribution in [0.1, 0.15) is 31.1 Å². The van der Waals surface area contributed by atoms with Crippen molar-refractivity contribution in [2.75, 3.05) is 18.0 Å². The molecule has 0 heterocycles. The van der Waals surface area contributed by atoms with E-state index in [-0.39, 0.29) is 11.9 Å². The Bertz CT molecular complexity index is 368. The van der Waals surface area contributed by atoms with Crippen LogP contribution in [0.4, 0.5) is 11.4 Å². The summed E-state index contributed by atoms with van der Waals surface area (Å²) in [5, 5.41) is 0. The van der Waals surface area contributed by atoms with E-state index in [0.29, 0.717) is 23.5 Å². The second kappa shape index (κ2) is 4.88. The van der Waals surface area contributed by atoms with Crippen LogP contribution in [0.5, 0.6) is 0 Å². The maximum Gasteiger partial charge on any atom is 0.254 e. The fourth-order valence-electron chi connectivity index (χ4n) is 1.71. The minimum absolute atomic E-state index is 0.0310. The Labute approximate surface area is 96.2 Å². The molecule has 0 radical (unpaired) electrons. The molecule has 1 amide bonds. The van der Waals surface area contributed by atoms with Crippen molar-refractivity contribution in [3.8, 4) is 0 Å². The highest BCUT2D eigenvalue weighted by Gasteiger charge is 2.17. The lowest BCUT2D eigenvalue weighted by Gasteiger charge is -2.25. The van der Waals surface area contributed by atoms with E-state index in [4.69, 9.17) is 11.5 Å². The molecular formula is C12H19N3O. The quantitative estimate of drug-likeness (QED) is 0.763. The smallest absolute Gasteiger partial charge is 0.254 e. The minimum Gasteiger partial charge on any atom is -0.399 e. The van der Waals surface area contributed by atoms with Gasteiger partial charge in [-0.15, -0.1) is 0 Å². The zero-order valence-electron chi connectivity index (χ0n) is 10.0. The van der Waals surface area contributed by atoms with Gasteiger partial charge in [0.2, 0.25) is 0 Å². The van der Waals surface area contributed by atoms with E-state index in [1.54, 1.807) is 23.1 Å². The Morgan fingerprint density at radius 3 is 2.12 bits per heavy atom. The molecule has 4 N–H and O–H groups in total. The lowest BCUT2D eigenvalue weighted by atomic mass is 10.1. The van der Waals surface area contributed by atoms with Crippen molar-refractivity contribution < 1.29 is 4.79 Å². The van der Waals surface area contributed by atoms with Crippen LogP contribution in [-0.4, -0.2) is 23.4 Å². The summed E-state index contributed by atoms with van der Waals surface area (Å²) in [4.78, 5) is 13.9. The summed E-state index contributed by atoms with van der Waals surface area (Å²) in [5.41, 5.74) is 12.9. The van der Waals surface area contributed by atoms with Crippen molar-refractivity contribution in [3.05, 3.63) is 23.8 Å². The monoisotopic (exact) mass is 221 g/mol. The number of carbonyl (C=O) groups is 1. The number of nitrogens with zero attached hydrogens (tertiary/aromatic N) is 1. The topological polar surface area (TPSA) is 72.3 Å². The number of amides is 1. The van der Waals surface area contributed by atoms with Gasteiger partial charge < -0.3 is 16.4 Å². The molecule has 1 rings (SSSR count). The molecule has 1 aromatic carbocycles. The van der Waals surface area contributed by atoms with Crippen LogP contribution in [0.25, 0.3) is 0 Å². The predicted octanol–water partition coefficient (Wildman–Crippen LogP) is 1.72. The van der Waals surface area contributed by atoms with E-state index < -0.39 is 0 Å². The van der Waals surface area contributed by atoms with Gasteiger partial charge in [0.15, 0.2) is 0 Å². The molecule has 0 spiro atoms. The van der Waals surface area contributed by atoms with E-state index in [1.807, 2.05) is 20.8 Å². The normalized spacial score (nSPS) is 10.5. The standard InChI is InChI=1S/C12H19N3O/c1-4-15(8(2)3)12(16)9-5-10(13)7-11(14)6-9/h5-8H,4,13-14H2,1-3H3. The number of anilines is 2. The van der Waals surface area contributed by atoms with E-state index in [0.717, 1.165) is 0 Å². The minimum atomic E-state index is -0.0310. The summed E-state index contributed by atoms with van der Waals surface area (Å²) < 4.78 is 0. The Morgan fingerprint density at radius 2 is 1.75 bits per heavy atom. The van der Waals surface area contributed by atoms with Crippen LogP contribution in [0.2, 0.25) is 0 Å². The van der Waals surface area contributed by atoms with Gasteiger partial charge in [-0.1, -0.05) is 0 Å². The molecule has 0 saturated heterocycles. The molecule has 0 aliphatic heterocycles. The van der Waals surface area contributed by atoms with Gasteiger partial charge in [-0.3, -0.25) is 4.79 Å². The predicted molar refractivity (Wildman–Crippen MR) is 67.1 cm³/mol. The zero-order chi connectivity index (χ0) is 12.3. The van der Waals surface area contributed by atoms with Gasteiger partial charge in [0, 0.05) is 29.5 Å². The fraction of sp³-hybridized carbons (Fsp3) is 0.417. The number of rotatable bonds is 3. The molecule has 0 fully saturated rings. The van der Waals surface area contributed by atoms with Crippen LogP contribution >= 0.6 is 0 Å². The molecule has 0 aromatic heterocycles. The summed E-state index contributed by atoms with van der Waals surface area (Å²) in [6.45, 7) is 6.59. The van der Waals surface area contributed by atoms with Crippen molar-refractivity contribution in [2.45, 2.75) is 26.8 Å². The first-order valence-corrected chi connectivity index (χ1v) is 5.42. The Kier molecular flexibility index (Phi) is 3.77. The number of benzene rings is 1. The molecule has 88 valence electrons. The second-order valence-corrected chi connectivity index (χ2v) is 4.07. The molecule has 0 bridgehead atoms. The molecule has 4 heteroatoms. The number of hydrogen-bond acceptors (Lipinski definition) is 3. The van der Waals surface area contributed by atoms with Gasteiger partial charge in [-0.25, -0.2) is 0 Å². The Hall–Kier alpha value is -1.71.